The van der Waals surface area contributed by atoms with Crippen molar-refractivity contribution in [3.63, 3.8) is 0 Å². The van der Waals surface area contributed by atoms with Crippen LogP contribution in [0.25, 0.3) is 5.76 Å². The second kappa shape index (κ2) is 7.72. The van der Waals surface area contributed by atoms with Crippen molar-refractivity contribution in [2.24, 2.45) is 23.2 Å². The van der Waals surface area contributed by atoms with E-state index in [0.29, 0.717) is 0 Å². The highest BCUT2D eigenvalue weighted by Crippen LogP contribution is 2.69. The van der Waals surface area contributed by atoms with E-state index in [2.05, 4.69) is 0 Å². The lowest BCUT2D eigenvalue weighted by atomic mass is 9.52. The quantitative estimate of drug-likeness (QED) is 0.173. The highest BCUT2D eigenvalue weighted by Gasteiger charge is 2.77. The highest BCUT2D eigenvalue weighted by molar-refractivity contribution is 6.40. The van der Waals surface area contributed by atoms with Crippen LogP contribution in [0.15, 0.2) is 28.9 Å². The van der Waals surface area contributed by atoms with E-state index in [1.807, 2.05) is 0 Å². The summed E-state index contributed by atoms with van der Waals surface area (Å²) in [7, 11) is 0. The fourth-order valence-electron chi connectivity index (χ4n) is 8.18. The van der Waals surface area contributed by atoms with E-state index in [-0.39, 0.29) is 11.1 Å². The van der Waals surface area contributed by atoms with Gasteiger partial charge < -0.3 is 35.7 Å². The zero-order chi connectivity index (χ0) is 30.5. The molecule has 7 N–H and O–H groups in total. The van der Waals surface area contributed by atoms with Crippen LogP contribution in [0.5, 0.6) is 23.0 Å². The summed E-state index contributed by atoms with van der Waals surface area (Å²) in [6, 6.07) is 2.08. The maximum absolute atomic E-state index is 14.6. The van der Waals surface area contributed by atoms with Gasteiger partial charge in [-0.3, -0.25) is 24.0 Å². The Morgan fingerprint density at radius 2 is 1.33 bits per heavy atom. The Morgan fingerprint density at radius 3 is 1.95 bits per heavy atom. The standard InChI is InChI=1S/C30H22O12/c1-6-3-8(31)12-16(22(6)35)25(38)14-15-19-10(33)5-11(34)20-26(39)13-9(32)4-7(2)23(36)18(13)29(42)30(19,20)21(27(15)40)28(41)17(14)24(12)37/h3-4,10,15,19,21,27,31-33,35-36,39-40H,5H2,1-2H3. The molecule has 0 heterocycles. The molecule has 0 aromatic heterocycles. The third-order valence-corrected chi connectivity index (χ3v) is 9.69. The lowest BCUT2D eigenvalue weighted by Gasteiger charge is -2.47. The Morgan fingerprint density at radius 1 is 0.762 bits per heavy atom. The van der Waals surface area contributed by atoms with E-state index in [1.165, 1.54) is 13.8 Å². The van der Waals surface area contributed by atoms with Crippen LogP contribution in [0.4, 0.5) is 0 Å². The second-order valence-corrected chi connectivity index (χ2v) is 11.6. The molecule has 0 saturated heterocycles. The smallest absolute Gasteiger partial charge is 0.201 e. The molecule has 12 heteroatoms. The lowest BCUT2D eigenvalue weighted by Crippen LogP contribution is -2.56. The number of hydrogen-bond acceptors (Lipinski definition) is 12. The zero-order valence-corrected chi connectivity index (χ0v) is 21.9. The Balaban J connectivity index is 1.58. The molecule has 2 saturated carbocycles. The molecule has 2 fully saturated rings. The minimum atomic E-state index is -2.55. The van der Waals surface area contributed by atoms with E-state index < -0.39 is 138 Å². The first kappa shape index (κ1) is 26.1. The fourth-order valence-corrected chi connectivity index (χ4v) is 8.18. The number of rotatable bonds is 0. The van der Waals surface area contributed by atoms with Gasteiger partial charge in [0, 0.05) is 23.8 Å². The summed E-state index contributed by atoms with van der Waals surface area (Å²) >= 11 is 0. The van der Waals surface area contributed by atoms with E-state index in [9.17, 15) is 59.7 Å². The normalized spacial score (nSPS) is 31.1. The van der Waals surface area contributed by atoms with Crippen molar-refractivity contribution in [3.05, 3.63) is 62.2 Å². The number of carbonyl (C=O) groups is 5. The molecule has 6 atom stereocenters. The molecule has 0 radical (unpaired) electrons. The highest BCUT2D eigenvalue weighted by atomic mass is 16.3. The molecule has 1 spiro atoms. The minimum Gasteiger partial charge on any atom is -0.507 e. The first-order valence-corrected chi connectivity index (χ1v) is 13.1. The first-order chi connectivity index (χ1) is 19.7. The van der Waals surface area contributed by atoms with Crippen molar-refractivity contribution in [1.29, 1.82) is 0 Å². The van der Waals surface area contributed by atoms with Gasteiger partial charge in [-0.2, -0.15) is 0 Å². The molecule has 214 valence electrons. The molecular formula is C30H22O12. The average Bonchev–Trinajstić information content (AvgIpc) is 3.11. The summed E-state index contributed by atoms with van der Waals surface area (Å²) < 4.78 is 0. The van der Waals surface area contributed by atoms with Crippen LogP contribution < -0.4 is 0 Å². The van der Waals surface area contributed by atoms with Gasteiger partial charge in [-0.15, -0.1) is 0 Å². The maximum Gasteiger partial charge on any atom is 0.201 e. The molecule has 5 aliphatic carbocycles. The van der Waals surface area contributed by atoms with E-state index >= 15 is 0 Å². The number of allylic oxidation sites excluding steroid dienone is 2. The van der Waals surface area contributed by atoms with Gasteiger partial charge in [0.15, 0.2) is 23.1 Å². The Labute approximate surface area is 235 Å². The summed E-state index contributed by atoms with van der Waals surface area (Å²) in [4.78, 5) is 70.1. The van der Waals surface area contributed by atoms with Crippen LogP contribution in [0.2, 0.25) is 0 Å². The molecule has 0 amide bonds. The number of aliphatic hydroxyl groups excluding tert-OH is 3. The molecule has 2 aromatic carbocycles. The topological polar surface area (TPSA) is 227 Å². The first-order valence-electron chi connectivity index (χ1n) is 13.1. The summed E-state index contributed by atoms with van der Waals surface area (Å²) in [5.41, 5.74) is -7.07. The van der Waals surface area contributed by atoms with Gasteiger partial charge in [-0.25, -0.2) is 0 Å². The fraction of sp³-hybridized carbons (Fsp3) is 0.300. The van der Waals surface area contributed by atoms with Crippen molar-refractivity contribution in [2.75, 3.05) is 0 Å². The molecular weight excluding hydrogens is 552 g/mol. The maximum atomic E-state index is 14.6. The number of aromatic hydroxyl groups is 4. The molecule has 5 aliphatic rings. The van der Waals surface area contributed by atoms with Gasteiger partial charge in [-0.1, -0.05) is 0 Å². The summed E-state index contributed by atoms with van der Waals surface area (Å²) in [6.07, 6.45) is -4.41. The van der Waals surface area contributed by atoms with Crippen LogP contribution in [-0.2, 0) is 9.59 Å². The van der Waals surface area contributed by atoms with E-state index in [4.69, 9.17) is 0 Å². The SMILES string of the molecule is Cc1cc(O)c2c(c1O)C(=O)C1=C(C2=O)C(=O)C2C(O)C1C1C(O)CC(=O)C3=C(O)c4c(O)cc(C)c(O)c4C(=O)C321. The van der Waals surface area contributed by atoms with Crippen LogP contribution in [0.1, 0.15) is 54.2 Å². The van der Waals surface area contributed by atoms with E-state index in [0.717, 1.165) is 12.1 Å². The van der Waals surface area contributed by atoms with Crippen molar-refractivity contribution in [2.45, 2.75) is 32.5 Å². The minimum absolute atomic E-state index is 0.00104. The summed E-state index contributed by atoms with van der Waals surface area (Å²) in [6.45, 7) is 2.70. The number of aryl methyl sites for hydroxylation is 2. The number of hydrogen-bond donors (Lipinski definition) is 7. The van der Waals surface area contributed by atoms with Crippen molar-refractivity contribution in [1.82, 2.24) is 0 Å². The lowest BCUT2D eigenvalue weighted by molar-refractivity contribution is -0.128. The second-order valence-electron chi connectivity index (χ2n) is 11.6. The largest absolute Gasteiger partial charge is 0.507 e. The van der Waals surface area contributed by atoms with Crippen molar-refractivity contribution in [3.8, 4) is 23.0 Å². The number of benzene rings is 2. The molecule has 7 rings (SSSR count). The number of fused-ring (bicyclic) bond motifs is 6. The summed E-state index contributed by atoms with van der Waals surface area (Å²) in [5.74, 6) is -14.5. The van der Waals surface area contributed by atoms with Gasteiger partial charge >= 0.3 is 0 Å². The molecule has 2 aromatic rings. The van der Waals surface area contributed by atoms with Gasteiger partial charge in [0.1, 0.15) is 28.8 Å². The molecule has 6 unspecified atom stereocenters. The van der Waals surface area contributed by atoms with Gasteiger partial charge in [0.05, 0.1) is 56.9 Å². The predicted molar refractivity (Wildman–Crippen MR) is 138 cm³/mol. The third-order valence-electron chi connectivity index (χ3n) is 9.69. The van der Waals surface area contributed by atoms with Crippen LogP contribution in [-0.4, -0.2) is 76.9 Å². The molecule has 0 aliphatic heterocycles. The number of phenols is 4. The van der Waals surface area contributed by atoms with Crippen LogP contribution in [0, 0.1) is 37.0 Å². The summed E-state index contributed by atoms with van der Waals surface area (Å²) in [5, 5.41) is 77.2. The number of aliphatic hydroxyl groups is 3. The molecule has 2 bridgehead atoms. The van der Waals surface area contributed by atoms with Gasteiger partial charge in [0.2, 0.25) is 5.78 Å². The van der Waals surface area contributed by atoms with Crippen LogP contribution >= 0.6 is 0 Å². The van der Waals surface area contributed by atoms with Gasteiger partial charge in [0.25, 0.3) is 0 Å². The van der Waals surface area contributed by atoms with Crippen molar-refractivity contribution >= 4 is 34.7 Å². The Hall–Kier alpha value is -4.81. The Bertz CT molecular complexity index is 1880. The molecule has 12 nitrogen and oxygen atoms in total. The van der Waals surface area contributed by atoms with Crippen molar-refractivity contribution < 1.29 is 59.7 Å². The molecule has 42 heavy (non-hydrogen) atoms. The zero-order valence-electron chi connectivity index (χ0n) is 21.9. The van der Waals surface area contributed by atoms with Crippen LogP contribution in [0.3, 0.4) is 0 Å². The number of Topliss-reactive ketones (excluding diaryl/α,β-unsaturated/α-hetero) is 5. The predicted octanol–water partition coefficient (Wildman–Crippen LogP) is 1.09. The number of phenolic OH excluding ortho intramolecular Hbond substituents is 4. The number of ketones is 5. The average molecular weight is 574 g/mol. The van der Waals surface area contributed by atoms with E-state index in [1.54, 1.807) is 0 Å². The third kappa shape index (κ3) is 2.54. The number of carbonyl (C=O) groups excluding carboxylic acids is 5. The Kier molecular flexibility index (Phi) is 4.80. The van der Waals surface area contributed by atoms with Gasteiger partial charge in [-0.05, 0) is 37.1 Å². The monoisotopic (exact) mass is 574 g/mol.